The lowest BCUT2D eigenvalue weighted by atomic mass is 10.1. The predicted molar refractivity (Wildman–Crippen MR) is 127 cm³/mol. The second kappa shape index (κ2) is 8.27. The zero-order valence-corrected chi connectivity index (χ0v) is 18.3. The number of pyridine rings is 1. The van der Waals surface area contributed by atoms with Gasteiger partial charge in [-0.15, -0.1) is 0 Å². The monoisotopic (exact) mass is 438 g/mol. The Morgan fingerprint density at radius 3 is 2.55 bits per heavy atom. The highest BCUT2D eigenvalue weighted by Crippen LogP contribution is 2.30. The average molecular weight is 438 g/mol. The lowest BCUT2D eigenvalue weighted by Gasteiger charge is -2.10. The van der Waals surface area contributed by atoms with Gasteiger partial charge >= 0.3 is 5.97 Å². The topological polar surface area (TPSA) is 77.6 Å². The third kappa shape index (κ3) is 3.63. The number of nitrogens with zero attached hydrogens (tertiary/aromatic N) is 3. The number of ether oxygens (including phenoxy) is 1. The first-order valence-corrected chi connectivity index (χ1v) is 10.6. The second-order valence-electron chi connectivity index (χ2n) is 7.79. The second-order valence-corrected chi connectivity index (χ2v) is 7.79. The fourth-order valence-electron chi connectivity index (χ4n) is 4.10. The van der Waals surface area contributed by atoms with Crippen LogP contribution in [-0.4, -0.2) is 32.9 Å². The van der Waals surface area contributed by atoms with Gasteiger partial charge in [-0.05, 0) is 24.6 Å². The molecule has 1 amide bonds. The number of nitrogens with one attached hydrogen (secondary N) is 1. The Hall–Kier alpha value is -4.39. The number of carbonyl (C=O) groups excluding carboxylic acids is 2. The molecule has 2 aromatic carbocycles. The quantitative estimate of drug-likeness (QED) is 0.404. The minimum absolute atomic E-state index is 0.0325. The summed E-state index contributed by atoms with van der Waals surface area (Å²) in [5.41, 5.74) is 4.61. The number of esters is 1. The number of rotatable bonds is 5. The van der Waals surface area contributed by atoms with Crippen LogP contribution in [0.2, 0.25) is 0 Å². The Bertz CT molecular complexity index is 1500. The minimum atomic E-state index is -0.436. The number of aromatic nitrogens is 3. The number of hydrogen-bond donors (Lipinski definition) is 1. The van der Waals surface area contributed by atoms with E-state index in [4.69, 9.17) is 9.72 Å². The summed E-state index contributed by atoms with van der Waals surface area (Å²) < 4.78 is 8.56. The molecule has 7 heteroatoms. The van der Waals surface area contributed by atoms with Crippen LogP contribution in [0.25, 0.3) is 27.8 Å². The van der Waals surface area contributed by atoms with Gasteiger partial charge in [0.25, 0.3) is 0 Å². The number of aryl methyl sites for hydroxylation is 1. The molecule has 5 aromatic rings. The van der Waals surface area contributed by atoms with Crippen LogP contribution in [0.15, 0.2) is 79.1 Å². The molecule has 7 nitrogen and oxygen atoms in total. The van der Waals surface area contributed by atoms with Crippen LogP contribution in [0.3, 0.4) is 0 Å². The summed E-state index contributed by atoms with van der Waals surface area (Å²) >= 11 is 0. The van der Waals surface area contributed by atoms with E-state index in [-0.39, 0.29) is 12.5 Å². The number of imidazole rings is 1. The number of fused-ring (bicyclic) bond motifs is 2. The predicted octanol–water partition coefficient (Wildman–Crippen LogP) is 4.69. The standard InChI is InChI=1S/C26H22N4O3/c1-17-9-8-14-30-24(17)28-23(18-10-4-3-5-11-18)25(30)27-22(31)16-29-15-20(26(32)33-2)19-12-6-7-13-21(19)29/h3-15H,16H2,1-2H3,(H,27,31). The van der Waals surface area contributed by atoms with Crippen LogP contribution >= 0.6 is 0 Å². The summed E-state index contributed by atoms with van der Waals surface area (Å²) in [6.07, 6.45) is 3.55. The van der Waals surface area contributed by atoms with Crippen molar-refractivity contribution in [1.29, 1.82) is 0 Å². The molecule has 0 saturated carbocycles. The normalized spacial score (nSPS) is 11.1. The number of benzene rings is 2. The molecule has 0 bridgehead atoms. The lowest BCUT2D eigenvalue weighted by molar-refractivity contribution is -0.116. The first-order valence-electron chi connectivity index (χ1n) is 10.6. The summed E-state index contributed by atoms with van der Waals surface area (Å²) in [7, 11) is 1.35. The van der Waals surface area contributed by atoms with Crippen molar-refractivity contribution >= 4 is 34.2 Å². The van der Waals surface area contributed by atoms with Crippen molar-refractivity contribution in [3.8, 4) is 11.3 Å². The Balaban J connectivity index is 1.53. The third-order valence-corrected chi connectivity index (χ3v) is 5.66. The molecule has 0 spiro atoms. The van der Waals surface area contributed by atoms with Crippen LogP contribution in [0.5, 0.6) is 0 Å². The lowest BCUT2D eigenvalue weighted by Crippen LogP contribution is -2.19. The highest BCUT2D eigenvalue weighted by molar-refractivity contribution is 6.05. The molecule has 0 radical (unpaired) electrons. The summed E-state index contributed by atoms with van der Waals surface area (Å²) in [5.74, 6) is -0.0591. The zero-order chi connectivity index (χ0) is 22.9. The van der Waals surface area contributed by atoms with Crippen LogP contribution in [0.1, 0.15) is 15.9 Å². The van der Waals surface area contributed by atoms with Gasteiger partial charge in [-0.1, -0.05) is 54.6 Å². The number of hydrogen-bond acceptors (Lipinski definition) is 4. The Morgan fingerprint density at radius 2 is 1.76 bits per heavy atom. The minimum Gasteiger partial charge on any atom is -0.465 e. The SMILES string of the molecule is COC(=O)c1cn(CC(=O)Nc2c(-c3ccccc3)nc3c(C)cccn23)c2ccccc12. The average Bonchev–Trinajstić information content (AvgIpc) is 3.39. The molecule has 1 N–H and O–H groups in total. The van der Waals surface area contributed by atoms with Gasteiger partial charge < -0.3 is 14.6 Å². The van der Waals surface area contributed by atoms with Gasteiger partial charge in [0, 0.05) is 28.9 Å². The van der Waals surface area contributed by atoms with Crippen molar-refractivity contribution in [1.82, 2.24) is 14.0 Å². The van der Waals surface area contributed by atoms with Gasteiger partial charge in [-0.2, -0.15) is 0 Å². The number of methoxy groups -OCH3 is 1. The largest absolute Gasteiger partial charge is 0.465 e. The van der Waals surface area contributed by atoms with Gasteiger partial charge in [0.05, 0.1) is 12.7 Å². The molecule has 3 aromatic heterocycles. The molecule has 0 saturated heterocycles. The molecule has 0 aliphatic heterocycles. The van der Waals surface area contributed by atoms with Crippen molar-refractivity contribution in [3.05, 3.63) is 90.3 Å². The molecule has 0 fully saturated rings. The molecular formula is C26H22N4O3. The number of para-hydroxylation sites is 1. The molecule has 5 rings (SSSR count). The molecule has 33 heavy (non-hydrogen) atoms. The fourth-order valence-corrected chi connectivity index (χ4v) is 4.10. The van der Waals surface area contributed by atoms with Crippen LogP contribution < -0.4 is 5.32 Å². The molecule has 0 unspecified atom stereocenters. The Morgan fingerprint density at radius 1 is 1.00 bits per heavy atom. The molecule has 164 valence electrons. The Kier molecular flexibility index (Phi) is 5.14. The van der Waals surface area contributed by atoms with E-state index in [9.17, 15) is 9.59 Å². The highest BCUT2D eigenvalue weighted by atomic mass is 16.5. The number of amides is 1. The van der Waals surface area contributed by atoms with Crippen molar-refractivity contribution in [2.45, 2.75) is 13.5 Å². The van der Waals surface area contributed by atoms with Gasteiger partial charge in [0.1, 0.15) is 23.7 Å². The van der Waals surface area contributed by atoms with E-state index >= 15 is 0 Å². The maximum atomic E-state index is 13.2. The van der Waals surface area contributed by atoms with Gasteiger partial charge in [-0.3, -0.25) is 9.20 Å². The van der Waals surface area contributed by atoms with E-state index in [0.29, 0.717) is 17.1 Å². The highest BCUT2D eigenvalue weighted by Gasteiger charge is 2.20. The van der Waals surface area contributed by atoms with Crippen molar-refractivity contribution in [2.75, 3.05) is 12.4 Å². The zero-order valence-electron chi connectivity index (χ0n) is 18.3. The summed E-state index contributed by atoms with van der Waals surface area (Å²) in [5, 5.41) is 3.79. The fraction of sp³-hybridized carbons (Fsp3) is 0.115. The van der Waals surface area contributed by atoms with Crippen molar-refractivity contribution in [3.63, 3.8) is 0 Å². The molecular weight excluding hydrogens is 416 g/mol. The number of carbonyl (C=O) groups is 2. The molecule has 0 aliphatic rings. The molecule has 0 aliphatic carbocycles. The van der Waals surface area contributed by atoms with Gasteiger partial charge in [-0.25, -0.2) is 9.78 Å². The third-order valence-electron chi connectivity index (χ3n) is 5.66. The maximum Gasteiger partial charge on any atom is 0.340 e. The van der Waals surface area contributed by atoms with E-state index in [2.05, 4.69) is 5.32 Å². The molecule has 3 heterocycles. The van der Waals surface area contributed by atoms with E-state index in [1.54, 1.807) is 10.8 Å². The maximum absolute atomic E-state index is 13.2. The summed E-state index contributed by atoms with van der Waals surface area (Å²) in [6, 6.07) is 21.1. The van der Waals surface area contributed by atoms with Crippen LogP contribution in [0, 0.1) is 6.92 Å². The number of anilines is 1. The molecule has 0 atom stereocenters. The van der Waals surface area contributed by atoms with Gasteiger partial charge in [0.2, 0.25) is 5.91 Å². The first-order chi connectivity index (χ1) is 16.1. The van der Waals surface area contributed by atoms with E-state index < -0.39 is 5.97 Å². The van der Waals surface area contributed by atoms with Crippen molar-refractivity contribution in [2.24, 2.45) is 0 Å². The smallest absolute Gasteiger partial charge is 0.340 e. The van der Waals surface area contributed by atoms with Crippen LogP contribution in [0.4, 0.5) is 5.82 Å². The summed E-state index contributed by atoms with van der Waals surface area (Å²) in [4.78, 5) is 30.2. The van der Waals surface area contributed by atoms with E-state index in [1.165, 1.54) is 7.11 Å². The van der Waals surface area contributed by atoms with Crippen LogP contribution in [-0.2, 0) is 16.1 Å². The van der Waals surface area contributed by atoms with Crippen molar-refractivity contribution < 1.29 is 14.3 Å². The van der Waals surface area contributed by atoms with Gasteiger partial charge in [0.15, 0.2) is 0 Å². The Labute approximate surface area is 190 Å². The summed E-state index contributed by atoms with van der Waals surface area (Å²) in [6.45, 7) is 2.02. The first kappa shape index (κ1) is 20.5. The van der Waals surface area contributed by atoms with E-state index in [1.807, 2.05) is 84.3 Å². The van der Waals surface area contributed by atoms with E-state index in [0.717, 1.165) is 27.7 Å².